The second-order valence-corrected chi connectivity index (χ2v) is 5.25. The number of anilines is 1. The van der Waals surface area contributed by atoms with Gasteiger partial charge in [0, 0.05) is 6.20 Å². The maximum atomic E-state index is 12.5. The van der Waals surface area contributed by atoms with Crippen molar-refractivity contribution in [3.8, 4) is 5.69 Å². The normalized spacial score (nSPS) is 10.6. The summed E-state index contributed by atoms with van der Waals surface area (Å²) in [7, 11) is 0. The van der Waals surface area contributed by atoms with Crippen LogP contribution in [0.1, 0.15) is 32.4 Å². The van der Waals surface area contributed by atoms with Crippen LogP contribution >= 0.6 is 0 Å². The van der Waals surface area contributed by atoms with Crippen molar-refractivity contribution in [3.63, 3.8) is 0 Å². The van der Waals surface area contributed by atoms with Gasteiger partial charge in [-0.3, -0.25) is 4.79 Å². The number of nitrogens with zero attached hydrogens (tertiary/aromatic N) is 2. The highest BCUT2D eigenvalue weighted by Gasteiger charge is 2.16. The molecule has 7 nitrogen and oxygen atoms in total. The molecule has 24 heavy (non-hydrogen) atoms. The minimum atomic E-state index is -1.11. The van der Waals surface area contributed by atoms with Crippen LogP contribution in [0.2, 0.25) is 0 Å². The molecule has 3 rings (SSSR count). The first-order valence-corrected chi connectivity index (χ1v) is 7.22. The lowest BCUT2D eigenvalue weighted by atomic mass is 10.2. The van der Waals surface area contributed by atoms with Crippen molar-refractivity contribution in [2.75, 3.05) is 5.32 Å². The van der Waals surface area contributed by atoms with Crippen LogP contribution in [-0.2, 0) is 0 Å². The van der Waals surface area contributed by atoms with Gasteiger partial charge in [-0.05, 0) is 38.1 Å². The van der Waals surface area contributed by atoms with Crippen LogP contribution in [0.4, 0.5) is 5.69 Å². The highest BCUT2D eigenvalue weighted by molar-refractivity contribution is 6.06. The molecule has 2 N–H and O–H groups in total. The number of amides is 1. The minimum Gasteiger partial charge on any atom is -0.476 e. The van der Waals surface area contributed by atoms with E-state index in [1.54, 1.807) is 44.2 Å². The van der Waals surface area contributed by atoms with E-state index >= 15 is 0 Å². The molecule has 0 saturated carbocycles. The molecule has 1 aromatic carbocycles. The van der Waals surface area contributed by atoms with Crippen molar-refractivity contribution >= 4 is 17.6 Å². The molecule has 0 fully saturated rings. The molecule has 0 aliphatic carbocycles. The number of aromatic nitrogens is 2. The van der Waals surface area contributed by atoms with Gasteiger partial charge in [0.05, 0.1) is 16.9 Å². The highest BCUT2D eigenvalue weighted by Crippen LogP contribution is 2.22. The fourth-order valence-corrected chi connectivity index (χ4v) is 2.40. The third kappa shape index (κ3) is 2.91. The van der Waals surface area contributed by atoms with Crippen LogP contribution in [0.3, 0.4) is 0 Å². The molecule has 0 atom stereocenters. The van der Waals surface area contributed by atoms with Crippen molar-refractivity contribution in [1.82, 2.24) is 9.78 Å². The quantitative estimate of drug-likeness (QED) is 0.768. The largest absolute Gasteiger partial charge is 0.476 e. The summed E-state index contributed by atoms with van der Waals surface area (Å²) in [5.74, 6) is -0.221. The molecular weight excluding hydrogens is 310 g/mol. The monoisotopic (exact) mass is 325 g/mol. The van der Waals surface area contributed by atoms with E-state index in [4.69, 9.17) is 9.52 Å². The third-order valence-corrected chi connectivity index (χ3v) is 3.49. The number of furan rings is 1. The summed E-state index contributed by atoms with van der Waals surface area (Å²) in [6.45, 7) is 3.50. The zero-order valence-electron chi connectivity index (χ0n) is 13.1. The Balaban J connectivity index is 1.93. The molecular formula is C17H15N3O4. The minimum absolute atomic E-state index is 0.0718. The molecule has 122 valence electrons. The molecule has 0 aliphatic rings. The Kier molecular flexibility index (Phi) is 3.91. The number of carboxylic acids is 1. The molecule has 2 heterocycles. The van der Waals surface area contributed by atoms with Crippen LogP contribution in [0, 0.1) is 13.8 Å². The molecule has 0 radical (unpaired) electrons. The maximum absolute atomic E-state index is 12.5. The average molecular weight is 325 g/mol. The van der Waals surface area contributed by atoms with Crippen LogP contribution in [0.25, 0.3) is 5.69 Å². The fourth-order valence-electron chi connectivity index (χ4n) is 2.40. The summed E-state index contributed by atoms with van der Waals surface area (Å²) in [6.07, 6.45) is 1.53. The van der Waals surface area contributed by atoms with Gasteiger partial charge in [-0.2, -0.15) is 5.10 Å². The zero-order valence-corrected chi connectivity index (χ0v) is 13.1. The van der Waals surface area contributed by atoms with Crippen LogP contribution in [0.5, 0.6) is 0 Å². The van der Waals surface area contributed by atoms with E-state index < -0.39 is 5.97 Å². The van der Waals surface area contributed by atoms with Gasteiger partial charge in [0.25, 0.3) is 5.91 Å². The van der Waals surface area contributed by atoms with E-state index in [1.165, 1.54) is 16.9 Å². The summed E-state index contributed by atoms with van der Waals surface area (Å²) in [4.78, 5) is 23.4. The fraction of sp³-hybridized carbons (Fsp3) is 0.118. The van der Waals surface area contributed by atoms with Crippen LogP contribution in [0.15, 0.2) is 47.0 Å². The van der Waals surface area contributed by atoms with E-state index in [9.17, 15) is 9.59 Å². The first-order valence-electron chi connectivity index (χ1n) is 7.22. The molecule has 0 bridgehead atoms. The summed E-state index contributed by atoms with van der Waals surface area (Å²) in [5, 5.41) is 15.8. The van der Waals surface area contributed by atoms with Crippen molar-refractivity contribution in [2.45, 2.75) is 13.8 Å². The average Bonchev–Trinajstić information content (AvgIpc) is 3.14. The van der Waals surface area contributed by atoms with Crippen molar-refractivity contribution < 1.29 is 19.1 Å². The number of aromatic carboxylic acids is 1. The van der Waals surface area contributed by atoms with Crippen LogP contribution in [-0.4, -0.2) is 26.8 Å². The molecule has 7 heteroatoms. The van der Waals surface area contributed by atoms with Crippen molar-refractivity contribution in [3.05, 3.63) is 65.4 Å². The molecule has 1 amide bonds. The Bertz CT molecular complexity index is 924. The van der Waals surface area contributed by atoms with Crippen LogP contribution < -0.4 is 5.32 Å². The molecule has 0 aliphatic heterocycles. The number of carbonyl (C=O) groups is 2. The lowest BCUT2D eigenvalue weighted by molar-refractivity contribution is 0.0689. The predicted molar refractivity (Wildman–Crippen MR) is 86.7 cm³/mol. The first-order chi connectivity index (χ1) is 11.5. The number of benzene rings is 1. The number of nitrogens with one attached hydrogen (secondary N) is 1. The van der Waals surface area contributed by atoms with Crippen molar-refractivity contribution in [2.24, 2.45) is 0 Å². The smallest absolute Gasteiger partial charge is 0.356 e. The van der Waals surface area contributed by atoms with Gasteiger partial charge >= 0.3 is 5.97 Å². The van der Waals surface area contributed by atoms with E-state index in [0.717, 1.165) is 0 Å². The second-order valence-electron chi connectivity index (χ2n) is 5.25. The number of rotatable bonds is 4. The van der Waals surface area contributed by atoms with E-state index in [-0.39, 0.29) is 11.6 Å². The Hall–Kier alpha value is -3.35. The summed E-state index contributed by atoms with van der Waals surface area (Å²) >= 11 is 0. The summed E-state index contributed by atoms with van der Waals surface area (Å²) in [5.41, 5.74) is 1.46. The van der Waals surface area contributed by atoms with E-state index in [1.807, 2.05) is 0 Å². The molecule has 0 saturated heterocycles. The Labute approximate surface area is 137 Å². The highest BCUT2D eigenvalue weighted by atomic mass is 16.4. The van der Waals surface area contributed by atoms with E-state index in [2.05, 4.69) is 10.4 Å². The van der Waals surface area contributed by atoms with Gasteiger partial charge in [-0.15, -0.1) is 0 Å². The lowest BCUT2D eigenvalue weighted by Crippen LogP contribution is -2.14. The Morgan fingerprint density at radius 3 is 2.58 bits per heavy atom. The van der Waals surface area contributed by atoms with E-state index in [0.29, 0.717) is 28.5 Å². The molecule has 0 unspecified atom stereocenters. The standard InChI is InChI=1S/C17H15N3O4/c1-10-9-12(11(2)24-10)16(21)18-13-5-3-4-6-15(13)20-8-7-14(19-20)17(22)23/h3-9H,1-2H3,(H,18,21)(H,22,23). The SMILES string of the molecule is Cc1cc(C(=O)Nc2ccccc2-n2ccc(C(=O)O)n2)c(C)o1. The number of carboxylic acid groups (broad SMARTS) is 1. The number of aryl methyl sites for hydroxylation is 2. The molecule has 0 spiro atoms. The van der Waals surface area contributed by atoms with Gasteiger partial charge in [0.2, 0.25) is 0 Å². The Morgan fingerprint density at radius 1 is 1.21 bits per heavy atom. The van der Waals surface area contributed by atoms with Crippen molar-refractivity contribution in [1.29, 1.82) is 0 Å². The Morgan fingerprint density at radius 2 is 1.96 bits per heavy atom. The maximum Gasteiger partial charge on any atom is 0.356 e. The number of para-hydroxylation sites is 2. The molecule has 2 aromatic heterocycles. The van der Waals surface area contributed by atoms with Gasteiger partial charge in [0.15, 0.2) is 5.69 Å². The summed E-state index contributed by atoms with van der Waals surface area (Å²) < 4.78 is 6.78. The van der Waals surface area contributed by atoms with Gasteiger partial charge < -0.3 is 14.8 Å². The van der Waals surface area contributed by atoms with Gasteiger partial charge in [-0.1, -0.05) is 12.1 Å². The second kappa shape index (κ2) is 6.04. The topological polar surface area (TPSA) is 97.4 Å². The zero-order chi connectivity index (χ0) is 17.3. The number of carbonyl (C=O) groups excluding carboxylic acids is 1. The number of hydrogen-bond acceptors (Lipinski definition) is 4. The third-order valence-electron chi connectivity index (χ3n) is 3.49. The lowest BCUT2D eigenvalue weighted by Gasteiger charge is -2.10. The first kappa shape index (κ1) is 15.5. The summed E-state index contributed by atoms with van der Waals surface area (Å²) in [6, 6.07) is 10.1. The molecule has 3 aromatic rings. The predicted octanol–water partition coefficient (Wildman–Crippen LogP) is 3.03. The van der Waals surface area contributed by atoms with Gasteiger partial charge in [0.1, 0.15) is 11.5 Å². The van der Waals surface area contributed by atoms with Gasteiger partial charge in [-0.25, -0.2) is 9.48 Å². The number of hydrogen-bond donors (Lipinski definition) is 2.